The van der Waals surface area contributed by atoms with Crippen molar-refractivity contribution in [3.05, 3.63) is 33.1 Å². The molecule has 17 heavy (non-hydrogen) atoms. The van der Waals surface area contributed by atoms with Gasteiger partial charge in [-0.3, -0.25) is 0 Å². The average Bonchev–Trinajstić information content (AvgIpc) is 2.55. The second kappa shape index (κ2) is 4.01. The smallest absolute Gasteiger partial charge is 0.372 e. The van der Waals surface area contributed by atoms with E-state index in [2.05, 4.69) is 22.6 Å². The molecule has 1 aromatic carbocycles. The van der Waals surface area contributed by atoms with E-state index in [1.54, 1.807) is 0 Å². The lowest BCUT2D eigenvalue weighted by atomic mass is 9.85. The molecule has 0 radical (unpaired) electrons. The fraction of sp³-hybridized carbons (Fsp3) is 0.308. The molecule has 0 atom stereocenters. The Hall–Kier alpha value is -1.04. The van der Waals surface area contributed by atoms with Crippen molar-refractivity contribution >= 4 is 39.5 Å². The number of carboxylic acid groups (broad SMARTS) is 1. The third-order valence-corrected chi connectivity index (χ3v) is 3.27. The molecule has 0 bridgehead atoms. The minimum atomic E-state index is -1.01. The zero-order valence-corrected chi connectivity index (χ0v) is 12.0. The molecular weight excluding hydrogens is 331 g/mol. The van der Waals surface area contributed by atoms with Gasteiger partial charge in [-0.1, -0.05) is 20.8 Å². The van der Waals surface area contributed by atoms with Crippen molar-refractivity contribution < 1.29 is 14.3 Å². The van der Waals surface area contributed by atoms with Crippen molar-refractivity contribution in [2.24, 2.45) is 0 Å². The van der Waals surface area contributed by atoms with E-state index in [1.807, 2.05) is 39.0 Å². The molecule has 90 valence electrons. The number of carbonyl (C=O) groups is 1. The fourth-order valence-corrected chi connectivity index (χ4v) is 2.46. The van der Waals surface area contributed by atoms with Crippen molar-refractivity contribution in [2.45, 2.75) is 26.2 Å². The Kier molecular flexibility index (Phi) is 2.93. The summed E-state index contributed by atoms with van der Waals surface area (Å²) in [6, 6.07) is 5.69. The summed E-state index contributed by atoms with van der Waals surface area (Å²) in [5.74, 6) is -0.962. The van der Waals surface area contributed by atoms with Crippen molar-refractivity contribution in [1.29, 1.82) is 0 Å². The van der Waals surface area contributed by atoms with Crippen LogP contribution >= 0.6 is 22.6 Å². The lowest BCUT2D eigenvalue weighted by Gasteiger charge is -2.18. The topological polar surface area (TPSA) is 50.4 Å². The van der Waals surface area contributed by atoms with Crippen LogP contribution in [0.15, 0.2) is 22.6 Å². The van der Waals surface area contributed by atoms with Crippen LogP contribution in [0, 0.1) is 3.57 Å². The molecule has 3 nitrogen and oxygen atoms in total. The van der Waals surface area contributed by atoms with E-state index >= 15 is 0 Å². The van der Waals surface area contributed by atoms with Gasteiger partial charge in [-0.05, 0) is 46.2 Å². The van der Waals surface area contributed by atoms with Gasteiger partial charge >= 0.3 is 5.97 Å². The molecule has 0 saturated heterocycles. The first-order valence-electron chi connectivity index (χ1n) is 5.26. The van der Waals surface area contributed by atoms with Crippen LogP contribution in [0.5, 0.6) is 0 Å². The molecule has 2 rings (SSSR count). The molecule has 0 unspecified atom stereocenters. The SMILES string of the molecule is CC(C)(C)c1c(C(=O)O)oc2ccc(I)cc12. The summed E-state index contributed by atoms with van der Waals surface area (Å²) in [6.07, 6.45) is 0. The number of aromatic carboxylic acids is 1. The lowest BCUT2D eigenvalue weighted by molar-refractivity contribution is 0.0661. The maximum absolute atomic E-state index is 11.2. The van der Waals surface area contributed by atoms with Gasteiger partial charge in [-0.25, -0.2) is 4.79 Å². The van der Waals surface area contributed by atoms with Gasteiger partial charge in [0.25, 0.3) is 0 Å². The number of hydrogen-bond donors (Lipinski definition) is 1. The first-order valence-corrected chi connectivity index (χ1v) is 6.34. The molecule has 4 heteroatoms. The van der Waals surface area contributed by atoms with E-state index in [1.165, 1.54) is 0 Å². The number of benzene rings is 1. The lowest BCUT2D eigenvalue weighted by Crippen LogP contribution is -2.15. The van der Waals surface area contributed by atoms with E-state index < -0.39 is 5.97 Å². The minimum absolute atomic E-state index is 0.0505. The quantitative estimate of drug-likeness (QED) is 0.795. The Labute approximate surface area is 113 Å². The van der Waals surface area contributed by atoms with Crippen LogP contribution in [0.3, 0.4) is 0 Å². The summed E-state index contributed by atoms with van der Waals surface area (Å²) in [6.45, 7) is 5.97. The molecule has 0 aliphatic heterocycles. The Morgan fingerprint density at radius 1 is 1.35 bits per heavy atom. The summed E-state index contributed by atoms with van der Waals surface area (Å²) in [5.41, 5.74) is 1.13. The van der Waals surface area contributed by atoms with Crippen LogP contribution in [0.4, 0.5) is 0 Å². The molecule has 1 N–H and O–H groups in total. The number of carboxylic acids is 1. The highest BCUT2D eigenvalue weighted by molar-refractivity contribution is 14.1. The van der Waals surface area contributed by atoms with Gasteiger partial charge in [0.1, 0.15) is 5.58 Å². The summed E-state index contributed by atoms with van der Waals surface area (Å²) in [7, 11) is 0. The zero-order valence-electron chi connectivity index (χ0n) is 9.87. The van der Waals surface area contributed by atoms with Crippen molar-refractivity contribution in [3.8, 4) is 0 Å². The van der Waals surface area contributed by atoms with Crippen molar-refractivity contribution in [2.75, 3.05) is 0 Å². The number of hydrogen-bond acceptors (Lipinski definition) is 2. The monoisotopic (exact) mass is 344 g/mol. The Bertz CT molecular complexity index is 590. The summed E-state index contributed by atoms with van der Waals surface area (Å²) >= 11 is 2.21. The van der Waals surface area contributed by atoms with E-state index in [0.717, 1.165) is 14.5 Å². The van der Waals surface area contributed by atoms with Gasteiger partial charge < -0.3 is 9.52 Å². The molecule has 0 fully saturated rings. The summed E-state index contributed by atoms with van der Waals surface area (Å²) in [5, 5.41) is 10.1. The number of furan rings is 1. The number of halogens is 1. The third kappa shape index (κ3) is 2.18. The third-order valence-electron chi connectivity index (χ3n) is 2.59. The first-order chi connectivity index (χ1) is 7.80. The normalized spacial score (nSPS) is 12.0. The van der Waals surface area contributed by atoms with Crippen molar-refractivity contribution in [3.63, 3.8) is 0 Å². The van der Waals surface area contributed by atoms with E-state index in [-0.39, 0.29) is 11.2 Å². The second-order valence-electron chi connectivity index (χ2n) is 5.00. The molecule has 0 amide bonds. The maximum Gasteiger partial charge on any atom is 0.372 e. The van der Waals surface area contributed by atoms with Crippen LogP contribution in [-0.2, 0) is 5.41 Å². The molecule has 2 aromatic rings. The van der Waals surface area contributed by atoms with Crippen LogP contribution in [-0.4, -0.2) is 11.1 Å². The predicted molar refractivity (Wildman–Crippen MR) is 74.6 cm³/mol. The maximum atomic E-state index is 11.2. The Morgan fingerprint density at radius 3 is 2.53 bits per heavy atom. The largest absolute Gasteiger partial charge is 0.475 e. The van der Waals surface area contributed by atoms with E-state index in [9.17, 15) is 9.90 Å². The molecule has 0 saturated carbocycles. The Balaban J connectivity index is 2.87. The minimum Gasteiger partial charge on any atom is -0.475 e. The molecule has 1 heterocycles. The van der Waals surface area contributed by atoms with Gasteiger partial charge in [-0.2, -0.15) is 0 Å². The van der Waals surface area contributed by atoms with Crippen LogP contribution in [0.2, 0.25) is 0 Å². The number of rotatable bonds is 1. The summed E-state index contributed by atoms with van der Waals surface area (Å²) < 4.78 is 6.51. The van der Waals surface area contributed by atoms with Crippen LogP contribution < -0.4 is 0 Å². The second-order valence-corrected chi connectivity index (χ2v) is 6.25. The zero-order chi connectivity index (χ0) is 12.8. The predicted octanol–water partition coefficient (Wildman–Crippen LogP) is 4.03. The van der Waals surface area contributed by atoms with Gasteiger partial charge in [-0.15, -0.1) is 0 Å². The highest BCUT2D eigenvalue weighted by Crippen LogP contribution is 2.36. The van der Waals surface area contributed by atoms with Crippen LogP contribution in [0.1, 0.15) is 36.9 Å². The molecule has 0 aliphatic carbocycles. The average molecular weight is 344 g/mol. The standard InChI is InChI=1S/C13H13IO3/c1-13(2,3)10-8-6-7(14)4-5-9(8)17-11(10)12(15)16/h4-6H,1-3H3,(H,15,16). The highest BCUT2D eigenvalue weighted by atomic mass is 127. The fourth-order valence-electron chi connectivity index (χ4n) is 1.97. The molecule has 1 aromatic heterocycles. The van der Waals surface area contributed by atoms with Gasteiger partial charge in [0.05, 0.1) is 0 Å². The highest BCUT2D eigenvalue weighted by Gasteiger charge is 2.28. The van der Waals surface area contributed by atoms with E-state index in [4.69, 9.17) is 4.42 Å². The summed E-state index contributed by atoms with van der Waals surface area (Å²) in [4.78, 5) is 11.2. The van der Waals surface area contributed by atoms with Crippen LogP contribution in [0.25, 0.3) is 11.0 Å². The van der Waals surface area contributed by atoms with Gasteiger partial charge in [0, 0.05) is 14.5 Å². The van der Waals surface area contributed by atoms with Crippen molar-refractivity contribution in [1.82, 2.24) is 0 Å². The van der Waals surface area contributed by atoms with E-state index in [0.29, 0.717) is 5.58 Å². The molecular formula is C13H13IO3. The molecule has 0 aliphatic rings. The van der Waals surface area contributed by atoms with Gasteiger partial charge in [0.15, 0.2) is 0 Å². The Morgan fingerprint density at radius 2 is 2.00 bits per heavy atom. The molecule has 0 spiro atoms. The van der Waals surface area contributed by atoms with Gasteiger partial charge in [0.2, 0.25) is 5.76 Å². The number of fused-ring (bicyclic) bond motifs is 1. The first kappa shape index (κ1) is 12.4.